The summed E-state index contributed by atoms with van der Waals surface area (Å²) in [6.45, 7) is 0. The van der Waals surface area contributed by atoms with Crippen molar-refractivity contribution in [3.05, 3.63) is 47.7 Å². The van der Waals surface area contributed by atoms with Crippen molar-refractivity contribution in [3.8, 4) is 11.4 Å². The van der Waals surface area contributed by atoms with Gasteiger partial charge in [-0.05, 0) is 0 Å². The van der Waals surface area contributed by atoms with Gasteiger partial charge in [0.05, 0.1) is 0 Å². The van der Waals surface area contributed by atoms with Gasteiger partial charge in [-0.15, -0.1) is 10.2 Å². The Morgan fingerprint density at radius 2 is 1.63 bits per heavy atom. The molecule has 7 nitrogen and oxygen atoms in total. The van der Waals surface area contributed by atoms with Gasteiger partial charge < -0.3 is 5.11 Å². The predicted molar refractivity (Wildman–Crippen MR) is 52.4 cm³/mol. The average Bonchev–Trinajstić information content (AvgIpc) is 2.32. The van der Waals surface area contributed by atoms with Crippen molar-refractivity contribution in [2.24, 2.45) is 0 Å². The van der Waals surface area contributed by atoms with E-state index in [-0.39, 0.29) is 10.8 Å². The number of para-hydroxylation sites is 1. The molecule has 0 unspecified atom stereocenters. The summed E-state index contributed by atoms with van der Waals surface area (Å²) in [5, 5.41) is 13.5. The molecule has 0 fully saturated rings. The number of aromatic hydroxyl groups is 1. The Bertz CT molecular complexity index is 527. The summed E-state index contributed by atoms with van der Waals surface area (Å²) in [6, 6.07) is 9.54. The van der Waals surface area contributed by atoms with Gasteiger partial charge in [0.15, 0.2) is 10.8 Å². The number of rotatable bonds is 1. The Labute approximate surface area is 115 Å². The van der Waals surface area contributed by atoms with Gasteiger partial charge in [-0.25, -0.2) is 18.6 Å². The first kappa shape index (κ1) is 15.6. The van der Waals surface area contributed by atoms with E-state index >= 15 is 0 Å². The third-order valence-electron chi connectivity index (χ3n) is 1.81. The highest BCUT2D eigenvalue weighted by Gasteiger charge is 2.10. The Morgan fingerprint density at radius 1 is 1.11 bits per heavy atom. The highest BCUT2D eigenvalue weighted by molar-refractivity contribution is 6.31. The monoisotopic (exact) mass is 306 g/mol. The summed E-state index contributed by atoms with van der Waals surface area (Å²) in [7, 11) is -4.94. The summed E-state index contributed by atoms with van der Waals surface area (Å²) in [6.07, 6.45) is 2.88. The molecule has 0 aliphatic rings. The Hall–Kier alpha value is -1.48. The van der Waals surface area contributed by atoms with E-state index in [4.69, 9.17) is 30.2 Å². The maximum absolute atomic E-state index is 9.18. The summed E-state index contributed by atoms with van der Waals surface area (Å²) in [5.41, 5.74) is 0.898. The van der Waals surface area contributed by atoms with Gasteiger partial charge in [-0.2, -0.15) is 0 Å². The molecule has 0 aliphatic carbocycles. The molecular formula is C10H8Cl2N2O5. The second-order valence-corrected chi connectivity index (χ2v) is 4.33. The van der Waals surface area contributed by atoms with E-state index in [0.717, 1.165) is 5.69 Å². The minimum absolute atomic E-state index is 0.0150. The largest absolute Gasteiger partial charge is 0.504 e. The van der Waals surface area contributed by atoms with Crippen LogP contribution in [0.15, 0.2) is 42.7 Å². The molecule has 1 heterocycles. The van der Waals surface area contributed by atoms with E-state index in [2.05, 4.69) is 5.10 Å². The molecule has 0 amide bonds. The fraction of sp³-hybridized carbons (Fsp3) is 0. The van der Waals surface area contributed by atoms with Gasteiger partial charge in [-0.1, -0.05) is 34.5 Å². The maximum atomic E-state index is 9.18. The lowest BCUT2D eigenvalue weighted by Crippen LogP contribution is -2.68. The molecule has 0 saturated carbocycles. The smallest absolute Gasteiger partial charge is 0.238 e. The zero-order valence-electron chi connectivity index (χ0n) is 9.27. The molecule has 0 radical (unpaired) electrons. The molecule has 2 aromatic rings. The van der Waals surface area contributed by atoms with Gasteiger partial charge >= 0.3 is 0 Å². The van der Waals surface area contributed by atoms with Crippen molar-refractivity contribution < 1.29 is 38.7 Å². The van der Waals surface area contributed by atoms with Crippen molar-refractivity contribution in [1.29, 1.82) is 0 Å². The molecule has 0 spiro atoms. The second-order valence-electron chi connectivity index (χ2n) is 3.16. The topological polar surface area (TPSA) is 129 Å². The van der Waals surface area contributed by atoms with Gasteiger partial charge in [0.2, 0.25) is 11.9 Å². The van der Waals surface area contributed by atoms with E-state index in [1.165, 1.54) is 6.20 Å². The van der Waals surface area contributed by atoms with Gasteiger partial charge in [0.25, 0.3) is 0 Å². The first-order valence-corrected chi connectivity index (χ1v) is 6.32. The molecule has 102 valence electrons. The molecular weight excluding hydrogens is 299 g/mol. The van der Waals surface area contributed by atoms with Crippen molar-refractivity contribution in [1.82, 2.24) is 5.10 Å². The molecule has 0 aliphatic heterocycles. The zero-order chi connectivity index (χ0) is 14.5. The minimum Gasteiger partial charge on any atom is -0.504 e. The highest BCUT2D eigenvalue weighted by atomic mass is 35.7. The van der Waals surface area contributed by atoms with Crippen LogP contribution in [0.3, 0.4) is 0 Å². The van der Waals surface area contributed by atoms with Crippen molar-refractivity contribution >= 4 is 11.6 Å². The molecule has 1 aromatic heterocycles. The quantitative estimate of drug-likeness (QED) is 0.558. The van der Waals surface area contributed by atoms with E-state index in [1.54, 1.807) is 10.9 Å². The van der Waals surface area contributed by atoms with Crippen LogP contribution in [-0.2, 0) is 0 Å². The van der Waals surface area contributed by atoms with Crippen LogP contribution in [0.4, 0.5) is 0 Å². The lowest BCUT2D eigenvalue weighted by atomic mass is 10.3. The highest BCUT2D eigenvalue weighted by Crippen LogP contribution is 2.18. The third-order valence-corrected chi connectivity index (χ3v) is 2.10. The number of hydrogen-bond acceptors (Lipinski definition) is 6. The fourth-order valence-electron chi connectivity index (χ4n) is 1.11. The lowest BCUT2D eigenvalue weighted by Gasteiger charge is -2.17. The van der Waals surface area contributed by atoms with E-state index in [9.17, 15) is 5.11 Å². The van der Waals surface area contributed by atoms with Crippen LogP contribution in [0.2, 0.25) is 5.02 Å². The molecule has 0 atom stereocenters. The number of hydrogen-bond donors (Lipinski definition) is 1. The number of aromatic nitrogens is 2. The summed E-state index contributed by atoms with van der Waals surface area (Å²) >= 11 is 5.75. The molecule has 0 bridgehead atoms. The van der Waals surface area contributed by atoms with Crippen LogP contribution < -0.4 is 23.3 Å². The Kier molecular flexibility index (Phi) is 5.43. The SMILES string of the molecule is Oc1cn[n+](-c2ccccc2)cc1Cl.[O-][Cl+3]([O-])([O-])[O-]. The van der Waals surface area contributed by atoms with Crippen molar-refractivity contribution in [3.63, 3.8) is 0 Å². The molecule has 2 rings (SSSR count). The van der Waals surface area contributed by atoms with Crippen LogP contribution in [0.25, 0.3) is 5.69 Å². The first-order valence-electron chi connectivity index (χ1n) is 4.71. The van der Waals surface area contributed by atoms with Gasteiger partial charge in [0, 0.05) is 17.2 Å². The number of nitrogens with zero attached hydrogens (tertiary/aromatic N) is 2. The standard InChI is InChI=1S/C10H7ClN2O.ClHO4/c11-9-7-13(12-6-10(9)14)8-4-2-1-3-5-8;2-1(3,4)5/h1-7H;(H,2,3,4,5). The molecule has 19 heavy (non-hydrogen) atoms. The van der Waals surface area contributed by atoms with Gasteiger partial charge in [-0.3, -0.25) is 0 Å². The number of benzene rings is 1. The summed E-state index contributed by atoms with van der Waals surface area (Å²) < 4.78 is 35.6. The van der Waals surface area contributed by atoms with Crippen LogP contribution >= 0.6 is 11.6 Å². The van der Waals surface area contributed by atoms with E-state index in [0.29, 0.717) is 0 Å². The summed E-state index contributed by atoms with van der Waals surface area (Å²) in [4.78, 5) is 0. The predicted octanol–water partition coefficient (Wildman–Crippen LogP) is -3.04. The first-order chi connectivity index (χ1) is 8.77. The zero-order valence-corrected chi connectivity index (χ0v) is 10.8. The molecule has 9 heteroatoms. The van der Waals surface area contributed by atoms with Crippen LogP contribution in [0.1, 0.15) is 0 Å². The third kappa shape index (κ3) is 6.30. The maximum Gasteiger partial charge on any atom is 0.238 e. The van der Waals surface area contributed by atoms with E-state index in [1.807, 2.05) is 30.3 Å². The molecule has 1 N–H and O–H groups in total. The van der Waals surface area contributed by atoms with E-state index < -0.39 is 10.2 Å². The van der Waals surface area contributed by atoms with Crippen LogP contribution in [-0.4, -0.2) is 10.2 Å². The Morgan fingerprint density at radius 3 is 2.11 bits per heavy atom. The molecule has 1 aromatic carbocycles. The van der Waals surface area contributed by atoms with Crippen LogP contribution in [0, 0.1) is 10.2 Å². The summed E-state index contributed by atoms with van der Waals surface area (Å²) in [5.74, 6) is -0.0150. The van der Waals surface area contributed by atoms with Crippen molar-refractivity contribution in [2.45, 2.75) is 0 Å². The number of halogens is 2. The van der Waals surface area contributed by atoms with Crippen molar-refractivity contribution in [2.75, 3.05) is 0 Å². The Balaban J connectivity index is 0.000000312. The average molecular weight is 307 g/mol. The minimum atomic E-state index is -4.94. The lowest BCUT2D eigenvalue weighted by molar-refractivity contribution is -2.00. The normalized spacial score (nSPS) is 10.6. The van der Waals surface area contributed by atoms with Gasteiger partial charge in [0.1, 0.15) is 6.20 Å². The van der Waals surface area contributed by atoms with Crippen LogP contribution in [0.5, 0.6) is 5.75 Å². The molecule has 0 saturated heterocycles. The second kappa shape index (κ2) is 6.62. The fourth-order valence-corrected chi connectivity index (χ4v) is 1.25.